The monoisotopic (exact) mass is 295 g/mol. The molecular formula is C14H8Cl2FNO. The van der Waals surface area contributed by atoms with Gasteiger partial charge in [-0.25, -0.2) is 4.39 Å². The summed E-state index contributed by atoms with van der Waals surface area (Å²) in [5, 5.41) is 9.61. The number of hydrogen-bond acceptors (Lipinski definition) is 2. The third-order valence-corrected chi connectivity index (χ3v) is 2.90. The van der Waals surface area contributed by atoms with E-state index in [-0.39, 0.29) is 28.8 Å². The first-order valence-electron chi connectivity index (χ1n) is 5.36. The number of nitrogens with zero attached hydrogens (tertiary/aromatic N) is 1. The van der Waals surface area contributed by atoms with Crippen LogP contribution in [0.5, 0.6) is 5.75 Å². The molecule has 0 heterocycles. The second kappa shape index (κ2) is 5.92. The first kappa shape index (κ1) is 13.7. The normalized spacial score (nSPS) is 10.0. The Hall–Kier alpha value is -1.76. The lowest BCUT2D eigenvalue weighted by atomic mass is 10.2. The summed E-state index contributed by atoms with van der Waals surface area (Å²) >= 11 is 11.8. The van der Waals surface area contributed by atoms with Gasteiger partial charge in [0.15, 0.2) is 5.75 Å². The van der Waals surface area contributed by atoms with Crippen LogP contribution in [-0.2, 0) is 6.61 Å². The summed E-state index contributed by atoms with van der Waals surface area (Å²) < 4.78 is 18.5. The van der Waals surface area contributed by atoms with Gasteiger partial charge in [0.25, 0.3) is 0 Å². The Morgan fingerprint density at radius 1 is 1.21 bits per heavy atom. The van der Waals surface area contributed by atoms with E-state index in [9.17, 15) is 4.39 Å². The standard InChI is InChI=1S/C14H8Cl2FNO/c15-11-5-10(7-18)14(13(16)6-11)19-8-9-2-1-3-12(17)4-9/h1-6H,8H2. The smallest absolute Gasteiger partial charge is 0.156 e. The van der Waals surface area contributed by atoms with Crippen molar-refractivity contribution in [3.8, 4) is 11.8 Å². The zero-order valence-electron chi connectivity index (χ0n) is 9.66. The van der Waals surface area contributed by atoms with Crippen molar-refractivity contribution in [2.75, 3.05) is 0 Å². The Bertz CT molecular complexity index is 652. The van der Waals surface area contributed by atoms with E-state index in [1.807, 2.05) is 6.07 Å². The Labute approximate surface area is 119 Å². The molecule has 0 N–H and O–H groups in total. The minimum absolute atomic E-state index is 0.119. The molecule has 2 nitrogen and oxygen atoms in total. The Kier molecular flexibility index (Phi) is 4.26. The number of ether oxygens (including phenoxy) is 1. The minimum Gasteiger partial charge on any atom is -0.486 e. The molecule has 0 bridgehead atoms. The average Bonchev–Trinajstić information content (AvgIpc) is 2.37. The first-order chi connectivity index (χ1) is 9.10. The van der Waals surface area contributed by atoms with E-state index in [1.165, 1.54) is 24.3 Å². The number of halogens is 3. The maximum atomic E-state index is 13.0. The van der Waals surface area contributed by atoms with Crippen LogP contribution in [0.4, 0.5) is 4.39 Å². The Balaban J connectivity index is 2.23. The number of benzene rings is 2. The van der Waals surface area contributed by atoms with Crippen LogP contribution in [0.3, 0.4) is 0 Å². The lowest BCUT2D eigenvalue weighted by Crippen LogP contribution is -1.98. The summed E-state index contributed by atoms with van der Waals surface area (Å²) in [5.74, 6) is -0.0957. The van der Waals surface area contributed by atoms with Gasteiger partial charge in [0.2, 0.25) is 0 Å². The first-order valence-corrected chi connectivity index (χ1v) is 6.12. The highest BCUT2D eigenvalue weighted by atomic mass is 35.5. The Morgan fingerprint density at radius 3 is 2.68 bits per heavy atom. The van der Waals surface area contributed by atoms with Crippen molar-refractivity contribution < 1.29 is 9.13 Å². The summed E-state index contributed by atoms with van der Waals surface area (Å²) in [6.45, 7) is 0.119. The summed E-state index contributed by atoms with van der Waals surface area (Å²) in [4.78, 5) is 0. The molecule has 0 aliphatic heterocycles. The van der Waals surface area contributed by atoms with Crippen molar-refractivity contribution >= 4 is 23.2 Å². The predicted octanol–water partition coefficient (Wildman–Crippen LogP) is 4.58. The van der Waals surface area contributed by atoms with E-state index >= 15 is 0 Å². The second-order valence-corrected chi connectivity index (χ2v) is 4.64. The predicted molar refractivity (Wildman–Crippen MR) is 71.9 cm³/mol. The zero-order chi connectivity index (χ0) is 13.8. The highest BCUT2D eigenvalue weighted by molar-refractivity contribution is 6.35. The van der Waals surface area contributed by atoms with Gasteiger partial charge in [0.05, 0.1) is 10.6 Å². The van der Waals surface area contributed by atoms with E-state index in [2.05, 4.69) is 0 Å². The van der Waals surface area contributed by atoms with Crippen molar-refractivity contribution in [2.24, 2.45) is 0 Å². The molecule has 0 spiro atoms. The molecule has 2 aromatic carbocycles. The highest BCUT2D eigenvalue weighted by Gasteiger charge is 2.11. The van der Waals surface area contributed by atoms with Gasteiger partial charge in [-0.05, 0) is 29.8 Å². The average molecular weight is 296 g/mol. The molecule has 0 aliphatic carbocycles. The van der Waals surface area contributed by atoms with Crippen molar-refractivity contribution in [3.63, 3.8) is 0 Å². The SMILES string of the molecule is N#Cc1cc(Cl)cc(Cl)c1OCc1cccc(F)c1. The van der Waals surface area contributed by atoms with Crippen LogP contribution < -0.4 is 4.74 Å². The van der Waals surface area contributed by atoms with Crippen LogP contribution in [0.2, 0.25) is 10.0 Å². The molecule has 0 fully saturated rings. The topological polar surface area (TPSA) is 33.0 Å². The van der Waals surface area contributed by atoms with Crippen LogP contribution in [0.1, 0.15) is 11.1 Å². The fraction of sp³-hybridized carbons (Fsp3) is 0.0714. The van der Waals surface area contributed by atoms with Gasteiger partial charge < -0.3 is 4.74 Å². The van der Waals surface area contributed by atoms with E-state index in [0.29, 0.717) is 10.6 Å². The molecule has 2 aromatic rings. The van der Waals surface area contributed by atoms with Gasteiger partial charge in [-0.1, -0.05) is 35.3 Å². The van der Waals surface area contributed by atoms with E-state index in [1.54, 1.807) is 12.1 Å². The van der Waals surface area contributed by atoms with Crippen LogP contribution in [0, 0.1) is 17.1 Å². The molecule has 0 aromatic heterocycles. The number of nitriles is 1. The maximum Gasteiger partial charge on any atom is 0.156 e. The van der Waals surface area contributed by atoms with E-state index < -0.39 is 0 Å². The highest BCUT2D eigenvalue weighted by Crippen LogP contribution is 2.32. The van der Waals surface area contributed by atoms with Crippen LogP contribution >= 0.6 is 23.2 Å². The molecule has 19 heavy (non-hydrogen) atoms. The molecule has 0 unspecified atom stereocenters. The molecule has 2 rings (SSSR count). The molecule has 96 valence electrons. The summed E-state index contributed by atoms with van der Waals surface area (Å²) in [6.07, 6.45) is 0. The van der Waals surface area contributed by atoms with Gasteiger partial charge in [-0.2, -0.15) is 5.26 Å². The summed E-state index contributed by atoms with van der Waals surface area (Å²) in [5.41, 5.74) is 0.892. The molecule has 0 atom stereocenters. The van der Waals surface area contributed by atoms with E-state index in [0.717, 1.165) is 0 Å². The maximum absolute atomic E-state index is 13.0. The van der Waals surface area contributed by atoms with Gasteiger partial charge in [-0.3, -0.25) is 0 Å². The largest absolute Gasteiger partial charge is 0.486 e. The van der Waals surface area contributed by atoms with Crippen molar-refractivity contribution in [3.05, 3.63) is 63.4 Å². The third kappa shape index (κ3) is 3.37. The fourth-order valence-corrected chi connectivity index (χ4v) is 2.12. The molecule has 0 saturated heterocycles. The van der Waals surface area contributed by atoms with Gasteiger partial charge in [-0.15, -0.1) is 0 Å². The number of rotatable bonds is 3. The van der Waals surface area contributed by atoms with Gasteiger partial charge >= 0.3 is 0 Å². The quantitative estimate of drug-likeness (QED) is 0.830. The van der Waals surface area contributed by atoms with Crippen LogP contribution in [0.15, 0.2) is 36.4 Å². The van der Waals surface area contributed by atoms with Crippen LogP contribution in [0.25, 0.3) is 0 Å². The molecule has 0 aliphatic rings. The van der Waals surface area contributed by atoms with Crippen molar-refractivity contribution in [2.45, 2.75) is 6.61 Å². The number of hydrogen-bond donors (Lipinski definition) is 0. The summed E-state index contributed by atoms with van der Waals surface area (Å²) in [6, 6.07) is 10.9. The van der Waals surface area contributed by atoms with Gasteiger partial charge in [0.1, 0.15) is 18.5 Å². The Morgan fingerprint density at radius 2 is 2.00 bits per heavy atom. The zero-order valence-corrected chi connectivity index (χ0v) is 11.2. The lowest BCUT2D eigenvalue weighted by molar-refractivity contribution is 0.305. The molecule has 0 saturated carbocycles. The van der Waals surface area contributed by atoms with Crippen LogP contribution in [-0.4, -0.2) is 0 Å². The molecule has 0 radical (unpaired) electrons. The third-order valence-electron chi connectivity index (χ3n) is 2.40. The lowest BCUT2D eigenvalue weighted by Gasteiger charge is -2.10. The van der Waals surface area contributed by atoms with Gasteiger partial charge in [0, 0.05) is 5.02 Å². The second-order valence-electron chi connectivity index (χ2n) is 3.79. The molecule has 0 amide bonds. The van der Waals surface area contributed by atoms with Crippen molar-refractivity contribution in [1.29, 1.82) is 5.26 Å². The molecular weight excluding hydrogens is 288 g/mol. The van der Waals surface area contributed by atoms with Crippen molar-refractivity contribution in [1.82, 2.24) is 0 Å². The fourth-order valence-electron chi connectivity index (χ4n) is 1.57. The van der Waals surface area contributed by atoms with E-state index in [4.69, 9.17) is 33.2 Å². The summed E-state index contributed by atoms with van der Waals surface area (Å²) in [7, 11) is 0. The molecule has 5 heteroatoms. The minimum atomic E-state index is -0.344.